The monoisotopic (exact) mass is 587 g/mol. The molecule has 0 radical (unpaired) electrons. The van der Waals surface area contributed by atoms with E-state index in [2.05, 4.69) is 72.8 Å². The van der Waals surface area contributed by atoms with Gasteiger partial charge in [-0.1, -0.05) is 133 Å². The van der Waals surface area contributed by atoms with Gasteiger partial charge in [0, 0.05) is 55.4 Å². The number of benzene rings is 6. The lowest BCUT2D eigenvalue weighted by Gasteiger charge is -2.16. The second-order valence-corrected chi connectivity index (χ2v) is 11.3. The quantitative estimate of drug-likeness (QED) is 0.192. The molecule has 0 saturated carbocycles. The first-order chi connectivity index (χ1) is 22.8. The minimum absolute atomic E-state index is 0.602. The summed E-state index contributed by atoms with van der Waals surface area (Å²) < 4.78 is 0. The summed E-state index contributed by atoms with van der Waals surface area (Å²) in [5.41, 5.74) is 6.58. The van der Waals surface area contributed by atoms with Gasteiger partial charge in [-0.2, -0.15) is 0 Å². The second-order valence-electron chi connectivity index (χ2n) is 11.3. The molecular formula is C41H25N5. The van der Waals surface area contributed by atoms with Gasteiger partial charge < -0.3 is 0 Å². The molecule has 3 heterocycles. The van der Waals surface area contributed by atoms with E-state index < -0.39 is 0 Å². The van der Waals surface area contributed by atoms with Crippen LogP contribution in [0, 0.1) is 0 Å². The third-order valence-electron chi connectivity index (χ3n) is 8.52. The molecule has 0 fully saturated rings. The Morgan fingerprint density at radius 3 is 1.54 bits per heavy atom. The summed E-state index contributed by atoms with van der Waals surface area (Å²) >= 11 is 0. The molecule has 214 valence electrons. The molecule has 6 aromatic carbocycles. The van der Waals surface area contributed by atoms with E-state index in [-0.39, 0.29) is 0 Å². The molecule has 0 atom stereocenters. The first-order valence-corrected chi connectivity index (χ1v) is 15.3. The Kier molecular flexibility index (Phi) is 6.06. The highest BCUT2D eigenvalue weighted by Crippen LogP contribution is 2.42. The molecule has 5 heteroatoms. The molecule has 46 heavy (non-hydrogen) atoms. The van der Waals surface area contributed by atoms with E-state index in [1.54, 1.807) is 0 Å². The van der Waals surface area contributed by atoms with Gasteiger partial charge >= 0.3 is 0 Å². The maximum absolute atomic E-state index is 5.38. The predicted octanol–water partition coefficient (Wildman–Crippen LogP) is 9.94. The average Bonchev–Trinajstić information content (AvgIpc) is 3.15. The smallest absolute Gasteiger partial charge is 0.164 e. The zero-order chi connectivity index (χ0) is 30.5. The number of fused-ring (bicyclic) bond motifs is 8. The fourth-order valence-corrected chi connectivity index (χ4v) is 6.42. The zero-order valence-corrected chi connectivity index (χ0v) is 24.7. The molecule has 0 unspecified atom stereocenters. The van der Waals surface area contributed by atoms with Crippen LogP contribution in [0.2, 0.25) is 0 Å². The average molecular weight is 588 g/mol. The molecule has 0 spiro atoms. The Bertz CT molecular complexity index is 2510. The molecule has 0 bridgehead atoms. The highest BCUT2D eigenvalue weighted by Gasteiger charge is 2.19. The fourth-order valence-electron chi connectivity index (χ4n) is 6.42. The predicted molar refractivity (Wildman–Crippen MR) is 187 cm³/mol. The molecule has 0 saturated heterocycles. The summed E-state index contributed by atoms with van der Waals surface area (Å²) in [4.78, 5) is 25.1. The summed E-state index contributed by atoms with van der Waals surface area (Å²) in [6.07, 6.45) is 1.87. The lowest BCUT2D eigenvalue weighted by molar-refractivity contribution is 1.07. The van der Waals surface area contributed by atoms with Crippen LogP contribution in [0.15, 0.2) is 152 Å². The van der Waals surface area contributed by atoms with Crippen molar-refractivity contribution in [2.45, 2.75) is 0 Å². The van der Waals surface area contributed by atoms with E-state index in [1.165, 1.54) is 0 Å². The Balaban J connectivity index is 1.36. The van der Waals surface area contributed by atoms with Gasteiger partial charge in [-0.05, 0) is 17.5 Å². The van der Waals surface area contributed by atoms with Gasteiger partial charge in [0.05, 0.1) is 16.7 Å². The SMILES string of the molecule is c1ccc(-c2nc(-c3ccccc3)nc(-c3ccc4c(c3)nc(-c3ccccc3)c3c5cccnc5c5ccccc5c43)n2)cc1. The molecule has 0 aliphatic rings. The van der Waals surface area contributed by atoms with Gasteiger partial charge in [-0.15, -0.1) is 0 Å². The number of hydrogen-bond acceptors (Lipinski definition) is 5. The Hall–Kier alpha value is -6.33. The van der Waals surface area contributed by atoms with Crippen LogP contribution in [0.3, 0.4) is 0 Å². The van der Waals surface area contributed by atoms with Crippen molar-refractivity contribution in [1.29, 1.82) is 0 Å². The standard InChI is InChI=1S/C41H25N5/c1-4-13-26(14-5-1)37-36-33-21-12-24-42-38(33)31-20-11-10-19-30(31)35(36)32-23-22-29(25-34(32)43-37)41-45-39(27-15-6-2-7-16-27)44-40(46-41)28-17-8-3-9-18-28/h1-25H. The lowest BCUT2D eigenvalue weighted by Crippen LogP contribution is -2.00. The van der Waals surface area contributed by atoms with E-state index in [9.17, 15) is 0 Å². The normalized spacial score (nSPS) is 11.5. The van der Waals surface area contributed by atoms with Gasteiger partial charge in [-0.3, -0.25) is 4.98 Å². The summed E-state index contributed by atoms with van der Waals surface area (Å²) in [6.45, 7) is 0. The molecule has 0 amide bonds. The number of aromatic nitrogens is 5. The topological polar surface area (TPSA) is 64.5 Å². The first kappa shape index (κ1) is 26.1. The third-order valence-corrected chi connectivity index (χ3v) is 8.52. The van der Waals surface area contributed by atoms with E-state index in [1.807, 2.05) is 79.0 Å². The highest BCUT2D eigenvalue weighted by atomic mass is 15.0. The van der Waals surface area contributed by atoms with Crippen molar-refractivity contribution in [3.8, 4) is 45.4 Å². The van der Waals surface area contributed by atoms with Crippen molar-refractivity contribution >= 4 is 43.4 Å². The van der Waals surface area contributed by atoms with E-state index >= 15 is 0 Å². The zero-order valence-electron chi connectivity index (χ0n) is 24.7. The van der Waals surface area contributed by atoms with Crippen molar-refractivity contribution in [2.75, 3.05) is 0 Å². The van der Waals surface area contributed by atoms with Gasteiger partial charge in [0.1, 0.15) is 0 Å². The number of pyridine rings is 2. The Morgan fingerprint density at radius 2 is 0.891 bits per heavy atom. The molecule has 5 nitrogen and oxygen atoms in total. The van der Waals surface area contributed by atoms with Crippen LogP contribution in [-0.2, 0) is 0 Å². The Labute approximate surface area is 264 Å². The molecule has 0 N–H and O–H groups in total. The lowest BCUT2D eigenvalue weighted by atomic mass is 9.91. The van der Waals surface area contributed by atoms with E-state index in [0.29, 0.717) is 17.5 Å². The van der Waals surface area contributed by atoms with Crippen molar-refractivity contribution in [3.05, 3.63) is 152 Å². The highest BCUT2D eigenvalue weighted by molar-refractivity contribution is 6.32. The summed E-state index contributed by atoms with van der Waals surface area (Å²) in [5.74, 6) is 1.86. The first-order valence-electron chi connectivity index (χ1n) is 15.3. The van der Waals surface area contributed by atoms with E-state index in [0.717, 1.165) is 71.3 Å². The second kappa shape index (κ2) is 10.7. The van der Waals surface area contributed by atoms with Gasteiger partial charge in [0.15, 0.2) is 17.5 Å². The number of rotatable bonds is 4. The largest absolute Gasteiger partial charge is 0.256 e. The molecule has 3 aromatic heterocycles. The van der Waals surface area contributed by atoms with Crippen LogP contribution in [0.25, 0.3) is 88.8 Å². The van der Waals surface area contributed by atoms with E-state index in [4.69, 9.17) is 24.9 Å². The van der Waals surface area contributed by atoms with Crippen molar-refractivity contribution in [3.63, 3.8) is 0 Å². The van der Waals surface area contributed by atoms with Crippen LogP contribution < -0.4 is 0 Å². The maximum Gasteiger partial charge on any atom is 0.164 e. The maximum atomic E-state index is 5.38. The van der Waals surface area contributed by atoms with Crippen LogP contribution in [0.4, 0.5) is 0 Å². The van der Waals surface area contributed by atoms with Crippen LogP contribution >= 0.6 is 0 Å². The molecule has 9 aromatic rings. The minimum atomic E-state index is 0.602. The van der Waals surface area contributed by atoms with Crippen molar-refractivity contribution < 1.29 is 0 Å². The van der Waals surface area contributed by atoms with Gasteiger partial charge in [0.2, 0.25) is 0 Å². The number of nitrogens with zero attached hydrogens (tertiary/aromatic N) is 5. The van der Waals surface area contributed by atoms with Gasteiger partial charge in [-0.25, -0.2) is 19.9 Å². The molecule has 0 aliphatic carbocycles. The summed E-state index contributed by atoms with van der Waals surface area (Å²) in [7, 11) is 0. The fraction of sp³-hybridized carbons (Fsp3) is 0. The van der Waals surface area contributed by atoms with Crippen LogP contribution in [0.5, 0.6) is 0 Å². The third kappa shape index (κ3) is 4.29. The van der Waals surface area contributed by atoms with Crippen molar-refractivity contribution in [2.24, 2.45) is 0 Å². The minimum Gasteiger partial charge on any atom is -0.256 e. The number of hydrogen-bond donors (Lipinski definition) is 0. The molecular weight excluding hydrogens is 562 g/mol. The molecule has 0 aliphatic heterocycles. The Morgan fingerprint density at radius 1 is 0.348 bits per heavy atom. The van der Waals surface area contributed by atoms with Crippen molar-refractivity contribution in [1.82, 2.24) is 24.9 Å². The van der Waals surface area contributed by atoms with Crippen LogP contribution in [0.1, 0.15) is 0 Å². The van der Waals surface area contributed by atoms with Crippen LogP contribution in [-0.4, -0.2) is 24.9 Å². The molecule has 9 rings (SSSR count). The summed E-state index contributed by atoms with van der Waals surface area (Å²) in [5, 5.41) is 6.70. The summed E-state index contributed by atoms with van der Waals surface area (Å²) in [6, 6.07) is 49.6. The van der Waals surface area contributed by atoms with Gasteiger partial charge in [0.25, 0.3) is 0 Å².